The molecular formula is C24H33FN2O4S. The van der Waals surface area contributed by atoms with Crippen LogP contribution in [0.4, 0.5) is 10.1 Å². The Bertz CT molecular complexity index is 1050. The maximum absolute atomic E-state index is 14.1. The molecule has 2 aromatic carbocycles. The first-order valence-electron chi connectivity index (χ1n) is 10.7. The van der Waals surface area contributed by atoms with Gasteiger partial charge in [0.1, 0.15) is 11.6 Å². The summed E-state index contributed by atoms with van der Waals surface area (Å²) in [6, 6.07) is 9.53. The average molecular weight is 465 g/mol. The van der Waals surface area contributed by atoms with Crippen LogP contribution < -0.4 is 14.4 Å². The fraction of sp³-hybridized carbons (Fsp3) is 0.458. The first-order chi connectivity index (χ1) is 15.0. The predicted molar refractivity (Wildman–Crippen MR) is 126 cm³/mol. The monoisotopic (exact) mass is 464 g/mol. The highest BCUT2D eigenvalue weighted by Gasteiger charge is 2.21. The lowest BCUT2D eigenvalue weighted by molar-refractivity contribution is -0.121. The van der Waals surface area contributed by atoms with Crippen molar-refractivity contribution in [2.75, 3.05) is 24.2 Å². The molecule has 2 aromatic rings. The summed E-state index contributed by atoms with van der Waals surface area (Å²) in [4.78, 5) is 12.5. The number of methoxy groups -OCH3 is 1. The van der Waals surface area contributed by atoms with Gasteiger partial charge in [-0.05, 0) is 67.1 Å². The number of benzene rings is 2. The molecule has 176 valence electrons. The first kappa shape index (κ1) is 25.6. The fourth-order valence-corrected chi connectivity index (χ4v) is 4.67. The van der Waals surface area contributed by atoms with Crippen molar-refractivity contribution in [2.45, 2.75) is 52.5 Å². The molecule has 1 N–H and O–H groups in total. The molecule has 32 heavy (non-hydrogen) atoms. The topological polar surface area (TPSA) is 75.7 Å². The van der Waals surface area contributed by atoms with Crippen LogP contribution in [0.5, 0.6) is 5.75 Å². The third-order valence-electron chi connectivity index (χ3n) is 5.37. The second-order valence-electron chi connectivity index (χ2n) is 8.28. The van der Waals surface area contributed by atoms with Gasteiger partial charge < -0.3 is 10.1 Å². The number of carbonyl (C=O) groups is 1. The van der Waals surface area contributed by atoms with Gasteiger partial charge in [-0.25, -0.2) is 12.8 Å². The number of nitrogens with one attached hydrogen (secondary N) is 1. The van der Waals surface area contributed by atoms with E-state index in [0.29, 0.717) is 0 Å². The van der Waals surface area contributed by atoms with Crippen LogP contribution in [0.2, 0.25) is 0 Å². The van der Waals surface area contributed by atoms with Crippen LogP contribution in [0.3, 0.4) is 0 Å². The summed E-state index contributed by atoms with van der Waals surface area (Å²) < 4.78 is 44.9. The summed E-state index contributed by atoms with van der Waals surface area (Å²) in [5.74, 6) is 0.286. The maximum atomic E-state index is 14.1. The highest BCUT2D eigenvalue weighted by molar-refractivity contribution is 7.92. The summed E-state index contributed by atoms with van der Waals surface area (Å²) >= 11 is 0. The highest BCUT2D eigenvalue weighted by atomic mass is 32.2. The molecular weight excluding hydrogens is 431 g/mol. The van der Waals surface area contributed by atoms with Crippen molar-refractivity contribution >= 4 is 21.6 Å². The van der Waals surface area contributed by atoms with Crippen molar-refractivity contribution < 1.29 is 22.3 Å². The minimum absolute atomic E-state index is 0.0145. The molecule has 0 aliphatic rings. The number of hydrogen-bond acceptors (Lipinski definition) is 4. The Morgan fingerprint density at radius 3 is 2.38 bits per heavy atom. The Morgan fingerprint density at radius 1 is 1.16 bits per heavy atom. The third kappa shape index (κ3) is 6.45. The summed E-state index contributed by atoms with van der Waals surface area (Å²) in [5.41, 5.74) is 3.08. The van der Waals surface area contributed by atoms with Crippen LogP contribution in [-0.2, 0) is 14.8 Å². The Kier molecular flexibility index (Phi) is 8.66. The van der Waals surface area contributed by atoms with Crippen molar-refractivity contribution in [3.63, 3.8) is 0 Å². The molecule has 1 unspecified atom stereocenters. The number of hydrogen-bond donors (Lipinski definition) is 1. The third-order valence-corrected chi connectivity index (χ3v) is 6.55. The van der Waals surface area contributed by atoms with Gasteiger partial charge >= 0.3 is 0 Å². The molecule has 6 nitrogen and oxygen atoms in total. The van der Waals surface area contributed by atoms with Gasteiger partial charge in [0.05, 0.1) is 25.1 Å². The molecule has 0 radical (unpaired) electrons. The van der Waals surface area contributed by atoms with E-state index in [0.717, 1.165) is 33.0 Å². The van der Waals surface area contributed by atoms with Crippen molar-refractivity contribution in [2.24, 2.45) is 0 Å². The number of ether oxygens (including phenoxy) is 1. The Balaban J connectivity index is 2.05. The number of amides is 1. The first-order valence-corrected chi connectivity index (χ1v) is 12.5. The number of carbonyl (C=O) groups excluding carboxylic acids is 1. The molecule has 0 aliphatic carbocycles. The number of para-hydroxylation sites is 1. The molecule has 8 heteroatoms. The summed E-state index contributed by atoms with van der Waals surface area (Å²) in [5, 5.41) is 2.98. The predicted octanol–water partition coefficient (Wildman–Crippen LogP) is 4.69. The van der Waals surface area contributed by atoms with Gasteiger partial charge in [-0.1, -0.05) is 26.0 Å². The van der Waals surface area contributed by atoms with Gasteiger partial charge in [0.25, 0.3) is 0 Å². The zero-order chi connectivity index (χ0) is 24.1. The zero-order valence-electron chi connectivity index (χ0n) is 19.6. The van der Waals surface area contributed by atoms with Crippen LogP contribution in [0.25, 0.3) is 0 Å². The number of nitrogens with zero attached hydrogens (tertiary/aromatic N) is 1. The van der Waals surface area contributed by atoms with Crippen LogP contribution >= 0.6 is 0 Å². The Labute approximate surface area is 190 Å². The number of rotatable bonds is 10. The minimum atomic E-state index is -3.68. The summed E-state index contributed by atoms with van der Waals surface area (Å²) in [6.07, 6.45) is 1.41. The van der Waals surface area contributed by atoms with Gasteiger partial charge in [-0.3, -0.25) is 9.10 Å². The molecule has 1 atom stereocenters. The Morgan fingerprint density at radius 2 is 1.81 bits per heavy atom. The molecule has 0 aromatic heterocycles. The van der Waals surface area contributed by atoms with Gasteiger partial charge in [-0.2, -0.15) is 0 Å². The lowest BCUT2D eigenvalue weighted by Gasteiger charge is -2.23. The molecule has 1 amide bonds. The molecule has 0 saturated heterocycles. The van der Waals surface area contributed by atoms with Gasteiger partial charge in [-0.15, -0.1) is 0 Å². The van der Waals surface area contributed by atoms with Gasteiger partial charge in [0.15, 0.2) is 0 Å². The smallest absolute Gasteiger partial charge is 0.232 e. The van der Waals surface area contributed by atoms with E-state index in [2.05, 4.69) is 25.2 Å². The maximum Gasteiger partial charge on any atom is 0.232 e. The molecule has 0 spiro atoms. The fourth-order valence-electron chi connectivity index (χ4n) is 3.70. The van der Waals surface area contributed by atoms with E-state index in [1.165, 1.54) is 18.2 Å². The van der Waals surface area contributed by atoms with Crippen LogP contribution in [-0.4, -0.2) is 34.2 Å². The normalized spacial score (nSPS) is 12.5. The number of halogens is 1. The van der Waals surface area contributed by atoms with Crippen molar-refractivity contribution in [1.82, 2.24) is 5.32 Å². The number of anilines is 1. The lowest BCUT2D eigenvalue weighted by atomic mass is 9.93. The zero-order valence-corrected chi connectivity index (χ0v) is 20.4. The van der Waals surface area contributed by atoms with Crippen LogP contribution in [0.1, 0.15) is 62.3 Å². The molecule has 0 heterocycles. The largest absolute Gasteiger partial charge is 0.496 e. The van der Waals surface area contributed by atoms with Crippen LogP contribution in [0, 0.1) is 12.7 Å². The summed E-state index contributed by atoms with van der Waals surface area (Å²) in [7, 11) is -2.03. The summed E-state index contributed by atoms with van der Waals surface area (Å²) in [6.45, 7) is 8.08. The molecule has 2 rings (SSSR count). The van der Waals surface area contributed by atoms with E-state index in [1.807, 2.05) is 19.9 Å². The van der Waals surface area contributed by atoms with E-state index < -0.39 is 15.8 Å². The molecule has 0 aliphatic heterocycles. The van der Waals surface area contributed by atoms with E-state index in [9.17, 15) is 17.6 Å². The molecule has 0 fully saturated rings. The number of sulfonamides is 1. The van der Waals surface area contributed by atoms with E-state index in [-0.39, 0.29) is 42.9 Å². The van der Waals surface area contributed by atoms with Crippen molar-refractivity contribution in [3.8, 4) is 5.75 Å². The SMILES string of the molecule is COc1cc(C)c(C(C)NC(=O)CCCN(c2ccccc2F)S(C)(=O)=O)cc1C(C)C. The quantitative estimate of drug-likeness (QED) is 0.554. The Hall–Kier alpha value is -2.61. The second kappa shape index (κ2) is 10.8. The lowest BCUT2D eigenvalue weighted by Crippen LogP contribution is -2.33. The standard InChI is InChI=1S/C24H33FN2O4S/c1-16(2)19-15-20(17(3)14-23(19)31-5)18(4)26-24(28)12-9-13-27(32(6,29)30)22-11-8-7-10-21(22)25/h7-8,10-11,14-16,18H,9,12-13H2,1-6H3,(H,26,28). The molecule has 0 saturated carbocycles. The van der Waals surface area contributed by atoms with Gasteiger partial charge in [0.2, 0.25) is 15.9 Å². The van der Waals surface area contributed by atoms with E-state index >= 15 is 0 Å². The molecule has 0 bridgehead atoms. The van der Waals surface area contributed by atoms with E-state index in [1.54, 1.807) is 13.2 Å². The highest BCUT2D eigenvalue weighted by Crippen LogP contribution is 2.32. The van der Waals surface area contributed by atoms with Crippen molar-refractivity contribution in [3.05, 3.63) is 58.9 Å². The average Bonchev–Trinajstić information content (AvgIpc) is 2.70. The number of aryl methyl sites for hydroxylation is 1. The van der Waals surface area contributed by atoms with Crippen LogP contribution in [0.15, 0.2) is 36.4 Å². The van der Waals surface area contributed by atoms with Gasteiger partial charge in [0, 0.05) is 13.0 Å². The second-order valence-corrected chi connectivity index (χ2v) is 10.2. The minimum Gasteiger partial charge on any atom is -0.496 e. The van der Waals surface area contributed by atoms with E-state index in [4.69, 9.17) is 4.74 Å². The van der Waals surface area contributed by atoms with Crippen molar-refractivity contribution in [1.29, 1.82) is 0 Å².